The molecule has 1 aliphatic heterocycles. The van der Waals surface area contributed by atoms with Crippen LogP contribution in [0.3, 0.4) is 0 Å². The largest absolute Gasteiger partial charge is 0.507 e. The Morgan fingerprint density at radius 1 is 1.33 bits per heavy atom. The number of amides is 1. The van der Waals surface area contributed by atoms with Crippen LogP contribution >= 0.6 is 12.4 Å². The van der Waals surface area contributed by atoms with Crippen LogP contribution in [0.15, 0.2) is 42.5 Å². The molecule has 1 amide bonds. The Morgan fingerprint density at radius 2 is 2.12 bits per heavy atom. The first-order valence-electron chi connectivity index (χ1n) is 7.65. The average molecular weight is 349 g/mol. The second kappa shape index (κ2) is 8.04. The van der Waals surface area contributed by atoms with Crippen LogP contribution in [0.2, 0.25) is 0 Å². The van der Waals surface area contributed by atoms with Crippen LogP contribution in [-0.4, -0.2) is 31.2 Å². The van der Waals surface area contributed by atoms with Gasteiger partial charge in [0.05, 0.1) is 12.7 Å². The summed E-state index contributed by atoms with van der Waals surface area (Å²) >= 11 is 0. The molecule has 0 aromatic heterocycles. The summed E-state index contributed by atoms with van der Waals surface area (Å²) in [6, 6.07) is 12.9. The van der Waals surface area contributed by atoms with E-state index in [1.165, 1.54) is 30.4 Å². The van der Waals surface area contributed by atoms with Gasteiger partial charge in [-0.15, -0.1) is 12.4 Å². The van der Waals surface area contributed by atoms with Crippen LogP contribution in [0.5, 0.6) is 11.5 Å². The third-order valence-corrected chi connectivity index (χ3v) is 4.13. The molecule has 0 saturated carbocycles. The number of carbonyl (C=O) groups excluding carboxylic acids is 1. The molecule has 6 heteroatoms. The van der Waals surface area contributed by atoms with Gasteiger partial charge in [0.1, 0.15) is 11.5 Å². The average Bonchev–Trinajstić information content (AvgIpc) is 2.60. The molecule has 1 aliphatic rings. The van der Waals surface area contributed by atoms with Crippen molar-refractivity contribution in [1.82, 2.24) is 10.6 Å². The molecule has 0 aliphatic carbocycles. The summed E-state index contributed by atoms with van der Waals surface area (Å²) in [6.07, 6.45) is 0.997. The van der Waals surface area contributed by atoms with Crippen molar-refractivity contribution in [2.45, 2.75) is 12.5 Å². The summed E-state index contributed by atoms with van der Waals surface area (Å²) in [7, 11) is 1.52. The molecule has 0 spiro atoms. The maximum absolute atomic E-state index is 12.3. The quantitative estimate of drug-likeness (QED) is 0.793. The maximum Gasteiger partial charge on any atom is 0.255 e. The molecule has 0 fully saturated rings. The Hall–Kier alpha value is -2.24. The van der Waals surface area contributed by atoms with E-state index in [0.717, 1.165) is 13.0 Å². The summed E-state index contributed by atoms with van der Waals surface area (Å²) in [6.45, 7) is 1.36. The van der Waals surface area contributed by atoms with Gasteiger partial charge in [-0.05, 0) is 42.3 Å². The first-order chi connectivity index (χ1) is 11.2. The van der Waals surface area contributed by atoms with Crippen molar-refractivity contribution in [2.24, 2.45) is 0 Å². The summed E-state index contributed by atoms with van der Waals surface area (Å²) in [5, 5.41) is 16.2. The van der Waals surface area contributed by atoms with Crippen LogP contribution in [0.25, 0.3) is 0 Å². The molecule has 3 N–H and O–H groups in total. The fourth-order valence-electron chi connectivity index (χ4n) is 2.89. The first kappa shape index (κ1) is 18.1. The molecule has 2 aromatic carbocycles. The molecule has 1 heterocycles. The molecule has 2 aromatic rings. The Bertz CT molecular complexity index is 721. The Morgan fingerprint density at radius 3 is 2.92 bits per heavy atom. The zero-order valence-corrected chi connectivity index (χ0v) is 14.2. The van der Waals surface area contributed by atoms with Crippen molar-refractivity contribution in [3.8, 4) is 11.5 Å². The van der Waals surface area contributed by atoms with Crippen molar-refractivity contribution in [3.63, 3.8) is 0 Å². The van der Waals surface area contributed by atoms with E-state index in [1.54, 1.807) is 6.07 Å². The van der Waals surface area contributed by atoms with Crippen LogP contribution in [-0.2, 0) is 6.42 Å². The first-order valence-corrected chi connectivity index (χ1v) is 7.65. The van der Waals surface area contributed by atoms with E-state index < -0.39 is 0 Å². The lowest BCUT2D eigenvalue weighted by atomic mass is 9.94. The van der Waals surface area contributed by atoms with Gasteiger partial charge in [-0.2, -0.15) is 0 Å². The maximum atomic E-state index is 12.3. The summed E-state index contributed by atoms with van der Waals surface area (Å²) in [5.41, 5.74) is 2.75. The minimum atomic E-state index is -0.314. The lowest BCUT2D eigenvalue weighted by molar-refractivity contribution is 0.0946. The number of hydrogen-bond donors (Lipinski definition) is 3. The van der Waals surface area contributed by atoms with E-state index in [4.69, 9.17) is 4.74 Å². The van der Waals surface area contributed by atoms with E-state index in [-0.39, 0.29) is 35.7 Å². The molecular weight excluding hydrogens is 328 g/mol. The molecule has 0 radical (unpaired) electrons. The number of aromatic hydroxyl groups is 1. The highest BCUT2D eigenvalue weighted by Crippen LogP contribution is 2.24. The monoisotopic (exact) mass is 348 g/mol. The van der Waals surface area contributed by atoms with Crippen molar-refractivity contribution >= 4 is 18.3 Å². The van der Waals surface area contributed by atoms with Crippen LogP contribution in [0.1, 0.15) is 27.5 Å². The molecule has 1 atom stereocenters. The summed E-state index contributed by atoms with van der Waals surface area (Å²) < 4.78 is 5.10. The minimum absolute atomic E-state index is 0. The van der Waals surface area contributed by atoms with Crippen molar-refractivity contribution in [3.05, 3.63) is 59.2 Å². The van der Waals surface area contributed by atoms with Gasteiger partial charge in [0.2, 0.25) is 0 Å². The van der Waals surface area contributed by atoms with Crippen LogP contribution in [0, 0.1) is 0 Å². The molecule has 5 nitrogen and oxygen atoms in total. The number of ether oxygens (including phenoxy) is 1. The Labute approximate surface area is 147 Å². The molecule has 1 unspecified atom stereocenters. The number of rotatable bonds is 4. The number of fused-ring (bicyclic) bond motifs is 1. The van der Waals surface area contributed by atoms with Gasteiger partial charge >= 0.3 is 0 Å². The number of phenols is 1. The zero-order chi connectivity index (χ0) is 16.2. The van der Waals surface area contributed by atoms with E-state index in [2.05, 4.69) is 22.8 Å². The molecular formula is C18H21ClN2O3. The van der Waals surface area contributed by atoms with Gasteiger partial charge in [0.25, 0.3) is 5.91 Å². The molecule has 0 bridgehead atoms. The molecule has 128 valence electrons. The third kappa shape index (κ3) is 3.80. The fourth-order valence-corrected chi connectivity index (χ4v) is 2.89. The van der Waals surface area contributed by atoms with Gasteiger partial charge in [0.15, 0.2) is 0 Å². The smallest absolute Gasteiger partial charge is 0.255 e. The van der Waals surface area contributed by atoms with E-state index >= 15 is 0 Å². The van der Waals surface area contributed by atoms with Gasteiger partial charge in [0, 0.05) is 12.6 Å². The highest BCUT2D eigenvalue weighted by molar-refractivity contribution is 5.97. The number of benzene rings is 2. The van der Waals surface area contributed by atoms with E-state index in [1.807, 2.05) is 12.1 Å². The number of nitrogens with one attached hydrogen (secondary N) is 2. The lowest BCUT2D eigenvalue weighted by Crippen LogP contribution is -2.38. The third-order valence-electron chi connectivity index (χ3n) is 4.13. The SMILES string of the molecule is COc1ccc(O)c(C(=O)NCC2NCCc3ccccc32)c1.Cl. The Kier molecular flexibility index (Phi) is 6.06. The summed E-state index contributed by atoms with van der Waals surface area (Å²) in [4.78, 5) is 12.3. The van der Waals surface area contributed by atoms with Crippen LogP contribution in [0.4, 0.5) is 0 Å². The van der Waals surface area contributed by atoms with Crippen LogP contribution < -0.4 is 15.4 Å². The van der Waals surface area contributed by atoms with Gasteiger partial charge < -0.3 is 20.5 Å². The Balaban J connectivity index is 0.00000208. The van der Waals surface area contributed by atoms with E-state index in [9.17, 15) is 9.90 Å². The number of halogens is 1. The predicted octanol–water partition coefficient (Wildman–Crippen LogP) is 2.44. The van der Waals surface area contributed by atoms with E-state index in [0.29, 0.717) is 12.3 Å². The van der Waals surface area contributed by atoms with Gasteiger partial charge in [-0.25, -0.2) is 0 Å². The van der Waals surface area contributed by atoms with Gasteiger partial charge in [-0.1, -0.05) is 24.3 Å². The molecule has 0 saturated heterocycles. The topological polar surface area (TPSA) is 70.6 Å². The highest BCUT2D eigenvalue weighted by Gasteiger charge is 2.20. The van der Waals surface area contributed by atoms with Crippen molar-refractivity contribution in [1.29, 1.82) is 0 Å². The zero-order valence-electron chi connectivity index (χ0n) is 13.4. The standard InChI is InChI=1S/C18H20N2O3.ClH/c1-23-13-6-7-17(21)15(10-13)18(22)20-11-16-14-5-3-2-4-12(14)8-9-19-16;/h2-7,10,16,19,21H,8-9,11H2,1H3,(H,20,22);1H. The highest BCUT2D eigenvalue weighted by atomic mass is 35.5. The fraction of sp³-hybridized carbons (Fsp3) is 0.278. The lowest BCUT2D eigenvalue weighted by Gasteiger charge is -2.27. The second-order valence-electron chi connectivity index (χ2n) is 5.55. The normalized spacial score (nSPS) is 15.8. The predicted molar refractivity (Wildman–Crippen MR) is 95.1 cm³/mol. The van der Waals surface area contributed by atoms with Crippen molar-refractivity contribution < 1.29 is 14.6 Å². The molecule has 3 rings (SSSR count). The number of carbonyl (C=O) groups is 1. The number of phenolic OH excluding ortho intramolecular Hbond substituents is 1. The minimum Gasteiger partial charge on any atom is -0.507 e. The summed E-state index contributed by atoms with van der Waals surface area (Å²) in [5.74, 6) is 0.167. The number of hydrogen-bond acceptors (Lipinski definition) is 4. The van der Waals surface area contributed by atoms with Gasteiger partial charge in [-0.3, -0.25) is 4.79 Å². The molecule has 24 heavy (non-hydrogen) atoms. The number of methoxy groups -OCH3 is 1. The second-order valence-corrected chi connectivity index (χ2v) is 5.55. The van der Waals surface area contributed by atoms with Crippen molar-refractivity contribution in [2.75, 3.05) is 20.2 Å².